The number of aromatic hydroxyl groups is 2. The summed E-state index contributed by atoms with van der Waals surface area (Å²) in [6.45, 7) is 1.51. The molecule has 1 saturated heterocycles. The zero-order valence-corrected chi connectivity index (χ0v) is 17.1. The summed E-state index contributed by atoms with van der Waals surface area (Å²) in [6, 6.07) is 8.08. The largest absolute Gasteiger partial charge is 0.507 e. The molecule has 5 atom stereocenters. The molecule has 0 amide bonds. The van der Waals surface area contributed by atoms with Crippen LogP contribution in [0.25, 0.3) is 22.3 Å². The highest BCUT2D eigenvalue weighted by molar-refractivity contribution is 5.86. The molecule has 0 unspecified atom stereocenters. The maximum absolute atomic E-state index is 12.6. The Morgan fingerprint density at radius 3 is 2.41 bits per heavy atom. The number of phenolic OH excluding ortho intramolecular Hbond substituents is 2. The van der Waals surface area contributed by atoms with Crippen molar-refractivity contribution in [3.05, 3.63) is 46.6 Å². The van der Waals surface area contributed by atoms with Crippen molar-refractivity contribution in [3.8, 4) is 34.3 Å². The number of benzene rings is 2. The zero-order chi connectivity index (χ0) is 23.2. The van der Waals surface area contributed by atoms with Gasteiger partial charge in [0.25, 0.3) is 0 Å². The van der Waals surface area contributed by atoms with E-state index in [1.54, 1.807) is 0 Å². The minimum Gasteiger partial charge on any atom is -0.507 e. The molecule has 5 N–H and O–H groups in total. The topological polar surface area (TPSA) is 159 Å². The van der Waals surface area contributed by atoms with Crippen molar-refractivity contribution >= 4 is 11.0 Å². The fraction of sp³-hybridized carbons (Fsp3) is 0.318. The monoisotopic (exact) mass is 446 g/mol. The van der Waals surface area contributed by atoms with Crippen molar-refractivity contribution in [2.24, 2.45) is 0 Å². The minimum absolute atomic E-state index is 0.00146. The van der Waals surface area contributed by atoms with Crippen molar-refractivity contribution < 1.29 is 44.2 Å². The van der Waals surface area contributed by atoms with Crippen LogP contribution in [0, 0.1) is 0 Å². The van der Waals surface area contributed by atoms with E-state index < -0.39 is 41.9 Å². The number of phenols is 2. The molecule has 3 aromatic rings. The Hall–Kier alpha value is -3.31. The van der Waals surface area contributed by atoms with Crippen LogP contribution in [0.2, 0.25) is 0 Å². The standard InChI is InChI=1S/C22H22O10/c1-9-19(26)20(27)21(28)22(30-9)31-11-6-13(24)18-14(25)8-15(32-17(18)7-11)10-3-4-12(23)16(5-10)29-2/h3-9,19-24,26-28H,1-2H3/t9-,19+,20-,21-,22-/m1/s1. The maximum atomic E-state index is 12.6. The van der Waals surface area contributed by atoms with Gasteiger partial charge in [-0.25, -0.2) is 0 Å². The number of fused-ring (bicyclic) bond motifs is 1. The van der Waals surface area contributed by atoms with E-state index in [4.69, 9.17) is 18.6 Å². The molecule has 4 rings (SSSR count). The van der Waals surface area contributed by atoms with Gasteiger partial charge >= 0.3 is 0 Å². The van der Waals surface area contributed by atoms with E-state index in [1.807, 2.05) is 0 Å². The lowest BCUT2D eigenvalue weighted by molar-refractivity contribution is -0.268. The number of methoxy groups -OCH3 is 1. The molecule has 0 aliphatic carbocycles. The smallest absolute Gasteiger partial charge is 0.229 e. The quantitative estimate of drug-likeness (QED) is 0.393. The van der Waals surface area contributed by atoms with Crippen molar-refractivity contribution in [3.63, 3.8) is 0 Å². The summed E-state index contributed by atoms with van der Waals surface area (Å²) in [5.74, 6) is -0.166. The molecule has 0 saturated carbocycles. The van der Waals surface area contributed by atoms with Gasteiger partial charge in [-0.15, -0.1) is 0 Å². The van der Waals surface area contributed by atoms with Gasteiger partial charge in [-0.05, 0) is 25.1 Å². The molecule has 10 heteroatoms. The number of ether oxygens (including phenoxy) is 3. The summed E-state index contributed by atoms with van der Waals surface area (Å²) in [5, 5.41) is 50.0. The second-order valence-electron chi connectivity index (χ2n) is 7.48. The summed E-state index contributed by atoms with van der Waals surface area (Å²) in [5.41, 5.74) is -0.0756. The van der Waals surface area contributed by atoms with Gasteiger partial charge in [0, 0.05) is 23.8 Å². The lowest BCUT2D eigenvalue weighted by Crippen LogP contribution is -2.58. The predicted molar refractivity (Wildman–Crippen MR) is 111 cm³/mol. The van der Waals surface area contributed by atoms with Crippen LogP contribution in [0.1, 0.15) is 6.92 Å². The van der Waals surface area contributed by atoms with Crippen molar-refractivity contribution in [2.45, 2.75) is 37.6 Å². The first kappa shape index (κ1) is 21.9. The molecule has 170 valence electrons. The summed E-state index contributed by atoms with van der Waals surface area (Å²) in [6.07, 6.45) is -6.50. The Kier molecular flexibility index (Phi) is 5.70. The third-order valence-electron chi connectivity index (χ3n) is 5.31. The second kappa shape index (κ2) is 8.32. The summed E-state index contributed by atoms with van der Waals surface area (Å²) >= 11 is 0. The highest BCUT2D eigenvalue weighted by Gasteiger charge is 2.43. The number of aliphatic hydroxyl groups excluding tert-OH is 3. The van der Waals surface area contributed by atoms with Gasteiger partial charge in [-0.2, -0.15) is 0 Å². The van der Waals surface area contributed by atoms with Crippen LogP contribution in [0.5, 0.6) is 23.0 Å². The molecule has 1 aliphatic heterocycles. The lowest BCUT2D eigenvalue weighted by atomic mass is 10.00. The molecule has 0 radical (unpaired) electrons. The van der Waals surface area contributed by atoms with Crippen LogP contribution >= 0.6 is 0 Å². The normalized spacial score (nSPS) is 25.6. The average Bonchev–Trinajstić information content (AvgIpc) is 2.75. The number of rotatable bonds is 4. The van der Waals surface area contributed by atoms with E-state index in [0.717, 1.165) is 6.07 Å². The van der Waals surface area contributed by atoms with E-state index in [9.17, 15) is 30.3 Å². The van der Waals surface area contributed by atoms with Gasteiger partial charge in [0.2, 0.25) is 6.29 Å². The van der Waals surface area contributed by atoms with E-state index in [1.165, 1.54) is 44.4 Å². The lowest BCUT2D eigenvalue weighted by Gasteiger charge is -2.38. The molecule has 2 heterocycles. The molecular formula is C22H22O10. The Bertz CT molecular complexity index is 1200. The first-order valence-corrected chi connectivity index (χ1v) is 9.74. The van der Waals surface area contributed by atoms with Crippen LogP contribution in [-0.4, -0.2) is 63.3 Å². The van der Waals surface area contributed by atoms with Crippen LogP contribution in [0.4, 0.5) is 0 Å². The Labute approximate surface area is 181 Å². The number of hydrogen-bond acceptors (Lipinski definition) is 10. The van der Waals surface area contributed by atoms with Gasteiger partial charge in [-0.3, -0.25) is 4.79 Å². The number of aliphatic hydroxyl groups is 3. The highest BCUT2D eigenvalue weighted by Crippen LogP contribution is 2.35. The van der Waals surface area contributed by atoms with Crippen molar-refractivity contribution in [1.29, 1.82) is 0 Å². The van der Waals surface area contributed by atoms with Crippen LogP contribution in [-0.2, 0) is 4.74 Å². The zero-order valence-electron chi connectivity index (χ0n) is 17.1. The van der Waals surface area contributed by atoms with E-state index in [-0.39, 0.29) is 34.0 Å². The Balaban J connectivity index is 1.73. The Morgan fingerprint density at radius 2 is 1.69 bits per heavy atom. The molecule has 0 bridgehead atoms. The first-order chi connectivity index (χ1) is 15.2. The SMILES string of the molecule is COc1cc(-c2cc(=O)c3c(O)cc(O[C@H]4O[C@H](C)[C@H](O)[C@@H](O)[C@H]4O)cc3o2)ccc1O. The van der Waals surface area contributed by atoms with Crippen molar-refractivity contribution in [2.75, 3.05) is 7.11 Å². The molecule has 1 fully saturated rings. The number of hydrogen-bond donors (Lipinski definition) is 5. The van der Waals surface area contributed by atoms with Crippen LogP contribution in [0.3, 0.4) is 0 Å². The highest BCUT2D eigenvalue weighted by atomic mass is 16.7. The summed E-state index contributed by atoms with van der Waals surface area (Å²) in [7, 11) is 1.38. The summed E-state index contributed by atoms with van der Waals surface area (Å²) in [4.78, 5) is 12.6. The molecule has 1 aliphatic rings. The van der Waals surface area contributed by atoms with Gasteiger partial charge in [0.1, 0.15) is 46.5 Å². The average molecular weight is 446 g/mol. The van der Waals surface area contributed by atoms with Gasteiger partial charge in [-0.1, -0.05) is 0 Å². The van der Waals surface area contributed by atoms with Crippen LogP contribution < -0.4 is 14.9 Å². The maximum Gasteiger partial charge on any atom is 0.229 e. The minimum atomic E-state index is -1.55. The van der Waals surface area contributed by atoms with Crippen LogP contribution in [0.15, 0.2) is 45.6 Å². The van der Waals surface area contributed by atoms with E-state index in [2.05, 4.69) is 0 Å². The molecule has 32 heavy (non-hydrogen) atoms. The molecule has 0 spiro atoms. The molecule has 10 nitrogen and oxygen atoms in total. The van der Waals surface area contributed by atoms with Gasteiger partial charge in [0.15, 0.2) is 16.9 Å². The Morgan fingerprint density at radius 1 is 0.938 bits per heavy atom. The van der Waals surface area contributed by atoms with Gasteiger partial charge < -0.3 is 44.2 Å². The molecule has 1 aromatic heterocycles. The van der Waals surface area contributed by atoms with E-state index in [0.29, 0.717) is 5.56 Å². The fourth-order valence-electron chi connectivity index (χ4n) is 3.53. The molecule has 2 aromatic carbocycles. The molecular weight excluding hydrogens is 424 g/mol. The van der Waals surface area contributed by atoms with Gasteiger partial charge in [0.05, 0.1) is 13.2 Å². The third-order valence-corrected chi connectivity index (χ3v) is 5.31. The van der Waals surface area contributed by atoms with Crippen molar-refractivity contribution in [1.82, 2.24) is 0 Å². The predicted octanol–water partition coefficient (Wildman–Crippen LogP) is 1.09. The second-order valence-corrected chi connectivity index (χ2v) is 7.48. The fourth-order valence-corrected chi connectivity index (χ4v) is 3.53. The third kappa shape index (κ3) is 3.84. The summed E-state index contributed by atoms with van der Waals surface area (Å²) < 4.78 is 21.8. The first-order valence-electron chi connectivity index (χ1n) is 9.74. The van der Waals surface area contributed by atoms with E-state index >= 15 is 0 Å².